The molecule has 0 aromatic carbocycles. The number of rotatable bonds is 0. The average molecular weight is 189 g/mol. The Morgan fingerprint density at radius 3 is 2.57 bits per heavy atom. The van der Waals surface area contributed by atoms with Gasteiger partial charge >= 0.3 is 0 Å². The summed E-state index contributed by atoms with van der Waals surface area (Å²) in [6.45, 7) is 5.45. The first kappa shape index (κ1) is 8.87. The van der Waals surface area contributed by atoms with E-state index in [1.54, 1.807) is 23.7 Å². The zero-order valence-corrected chi connectivity index (χ0v) is 8.40. The molecule has 0 aliphatic carbocycles. The zero-order chi connectivity index (χ0) is 10.3. The molecule has 0 unspecified atom stereocenters. The van der Waals surface area contributed by atoms with E-state index < -0.39 is 0 Å². The van der Waals surface area contributed by atoms with Crippen molar-refractivity contribution in [2.24, 2.45) is 0 Å². The van der Waals surface area contributed by atoms with Crippen molar-refractivity contribution >= 4 is 5.65 Å². The third kappa shape index (κ3) is 1.11. The van der Waals surface area contributed by atoms with E-state index in [9.17, 15) is 4.79 Å². The summed E-state index contributed by atoms with van der Waals surface area (Å²) in [4.78, 5) is 20.2. The Morgan fingerprint density at radius 2 is 1.86 bits per heavy atom. The molecule has 2 heterocycles. The van der Waals surface area contributed by atoms with E-state index in [4.69, 9.17) is 0 Å². The number of fused-ring (bicyclic) bond motifs is 1. The predicted molar refractivity (Wildman–Crippen MR) is 53.5 cm³/mol. The minimum Gasteiger partial charge on any atom is -0.269 e. The normalized spacial score (nSPS) is 10.8. The van der Waals surface area contributed by atoms with Crippen molar-refractivity contribution in [1.29, 1.82) is 0 Å². The van der Waals surface area contributed by atoms with E-state index in [0.29, 0.717) is 11.2 Å². The van der Waals surface area contributed by atoms with Crippen LogP contribution in [0, 0.1) is 20.8 Å². The van der Waals surface area contributed by atoms with E-state index in [0.717, 1.165) is 11.4 Å². The van der Waals surface area contributed by atoms with Gasteiger partial charge in [0, 0.05) is 23.7 Å². The van der Waals surface area contributed by atoms with Crippen LogP contribution in [0.1, 0.15) is 17.0 Å². The molecular formula is C10H11N3O. The van der Waals surface area contributed by atoms with Gasteiger partial charge in [0.05, 0.1) is 5.69 Å². The van der Waals surface area contributed by atoms with Crippen LogP contribution in [-0.4, -0.2) is 14.4 Å². The van der Waals surface area contributed by atoms with Crippen LogP contribution in [0.4, 0.5) is 0 Å². The molecule has 0 amide bonds. The zero-order valence-electron chi connectivity index (χ0n) is 8.40. The van der Waals surface area contributed by atoms with Gasteiger partial charge in [-0.3, -0.25) is 14.2 Å². The van der Waals surface area contributed by atoms with E-state index >= 15 is 0 Å². The molecule has 4 nitrogen and oxygen atoms in total. The first-order valence-corrected chi connectivity index (χ1v) is 4.42. The van der Waals surface area contributed by atoms with Gasteiger partial charge in [-0.25, -0.2) is 4.98 Å². The van der Waals surface area contributed by atoms with Crippen LogP contribution in [0.25, 0.3) is 5.65 Å². The monoisotopic (exact) mass is 189 g/mol. The SMILES string of the molecule is Cc1cnc2c(C)ncc(C)n2c1=O. The highest BCUT2D eigenvalue weighted by molar-refractivity contribution is 5.43. The van der Waals surface area contributed by atoms with Gasteiger partial charge in [-0.1, -0.05) is 0 Å². The second-order valence-corrected chi connectivity index (χ2v) is 3.39. The lowest BCUT2D eigenvalue weighted by Crippen LogP contribution is -2.20. The number of aromatic nitrogens is 3. The molecule has 0 aliphatic rings. The van der Waals surface area contributed by atoms with Gasteiger partial charge in [0.2, 0.25) is 0 Å². The van der Waals surface area contributed by atoms with Crippen LogP contribution in [-0.2, 0) is 0 Å². The second-order valence-electron chi connectivity index (χ2n) is 3.39. The maximum absolute atomic E-state index is 11.8. The van der Waals surface area contributed by atoms with Gasteiger partial charge in [-0.2, -0.15) is 0 Å². The Labute approximate surface area is 81.3 Å². The minimum atomic E-state index is -0.0157. The Morgan fingerprint density at radius 1 is 1.14 bits per heavy atom. The van der Waals surface area contributed by atoms with Gasteiger partial charge in [0.15, 0.2) is 5.65 Å². The summed E-state index contributed by atoms with van der Waals surface area (Å²) in [5.41, 5.74) is 2.86. The lowest BCUT2D eigenvalue weighted by Gasteiger charge is -2.06. The molecule has 0 N–H and O–H groups in total. The van der Waals surface area contributed by atoms with Gasteiger partial charge < -0.3 is 0 Å². The molecule has 0 saturated carbocycles. The van der Waals surface area contributed by atoms with E-state index in [1.165, 1.54) is 0 Å². The molecular weight excluding hydrogens is 178 g/mol. The molecule has 0 aliphatic heterocycles. The fourth-order valence-corrected chi connectivity index (χ4v) is 1.43. The number of nitrogens with zero attached hydrogens (tertiary/aromatic N) is 3. The Bertz CT molecular complexity index is 557. The lowest BCUT2D eigenvalue weighted by atomic mass is 10.3. The molecule has 0 spiro atoms. The Hall–Kier alpha value is -1.71. The lowest BCUT2D eigenvalue weighted by molar-refractivity contribution is 0.927. The minimum absolute atomic E-state index is 0.0157. The maximum Gasteiger partial charge on any atom is 0.261 e. The van der Waals surface area contributed by atoms with Crippen LogP contribution in [0.5, 0.6) is 0 Å². The van der Waals surface area contributed by atoms with Crippen molar-refractivity contribution in [2.45, 2.75) is 20.8 Å². The van der Waals surface area contributed by atoms with E-state index in [1.807, 2.05) is 13.8 Å². The first-order valence-electron chi connectivity index (χ1n) is 4.42. The molecule has 2 aromatic rings. The van der Waals surface area contributed by atoms with Crippen LogP contribution in [0.2, 0.25) is 0 Å². The van der Waals surface area contributed by atoms with Gasteiger partial charge in [-0.05, 0) is 20.8 Å². The van der Waals surface area contributed by atoms with Crippen molar-refractivity contribution in [1.82, 2.24) is 14.4 Å². The predicted octanol–water partition coefficient (Wildman–Crippen LogP) is 1.01. The second kappa shape index (κ2) is 2.90. The summed E-state index contributed by atoms with van der Waals surface area (Å²) in [6.07, 6.45) is 3.27. The van der Waals surface area contributed by atoms with Crippen LogP contribution in [0.15, 0.2) is 17.2 Å². The fraction of sp³-hybridized carbons (Fsp3) is 0.300. The molecule has 2 aromatic heterocycles. The highest BCUT2D eigenvalue weighted by atomic mass is 16.1. The fourth-order valence-electron chi connectivity index (χ4n) is 1.43. The van der Waals surface area contributed by atoms with E-state index in [2.05, 4.69) is 9.97 Å². The summed E-state index contributed by atoms with van der Waals surface area (Å²) in [7, 11) is 0. The third-order valence-electron chi connectivity index (χ3n) is 2.25. The van der Waals surface area contributed by atoms with Crippen molar-refractivity contribution in [3.63, 3.8) is 0 Å². The maximum atomic E-state index is 11.8. The van der Waals surface area contributed by atoms with Crippen LogP contribution < -0.4 is 5.56 Å². The number of aryl methyl sites for hydroxylation is 3. The van der Waals surface area contributed by atoms with Gasteiger partial charge in [-0.15, -0.1) is 0 Å². The largest absolute Gasteiger partial charge is 0.269 e. The van der Waals surface area contributed by atoms with Gasteiger partial charge in [0.1, 0.15) is 0 Å². The van der Waals surface area contributed by atoms with Gasteiger partial charge in [0.25, 0.3) is 5.56 Å². The summed E-state index contributed by atoms with van der Waals surface area (Å²) < 4.78 is 1.59. The molecule has 0 atom stereocenters. The highest BCUT2D eigenvalue weighted by Gasteiger charge is 2.05. The van der Waals surface area contributed by atoms with Crippen molar-refractivity contribution < 1.29 is 0 Å². The van der Waals surface area contributed by atoms with E-state index in [-0.39, 0.29) is 5.56 Å². The third-order valence-corrected chi connectivity index (χ3v) is 2.25. The quantitative estimate of drug-likeness (QED) is 0.621. The molecule has 14 heavy (non-hydrogen) atoms. The smallest absolute Gasteiger partial charge is 0.261 e. The van der Waals surface area contributed by atoms with Crippen LogP contribution in [0.3, 0.4) is 0 Å². The standard InChI is InChI=1S/C10H11N3O/c1-6-4-12-9-8(3)11-5-7(2)13(9)10(6)14/h4-5H,1-3H3. The Balaban J connectivity index is 3.09. The molecule has 0 bridgehead atoms. The first-order chi connectivity index (χ1) is 6.61. The molecule has 4 heteroatoms. The number of hydrogen-bond donors (Lipinski definition) is 0. The summed E-state index contributed by atoms with van der Waals surface area (Å²) in [5.74, 6) is 0. The molecule has 0 saturated heterocycles. The highest BCUT2D eigenvalue weighted by Crippen LogP contribution is 2.04. The van der Waals surface area contributed by atoms with Crippen LogP contribution >= 0.6 is 0 Å². The average Bonchev–Trinajstić information content (AvgIpc) is 2.16. The van der Waals surface area contributed by atoms with Crippen molar-refractivity contribution in [3.05, 3.63) is 39.7 Å². The van der Waals surface area contributed by atoms with Crippen molar-refractivity contribution in [2.75, 3.05) is 0 Å². The Kier molecular flexibility index (Phi) is 1.84. The molecule has 0 radical (unpaired) electrons. The summed E-state index contributed by atoms with van der Waals surface area (Å²) in [5, 5.41) is 0. The molecule has 2 rings (SSSR count). The molecule has 0 fully saturated rings. The summed E-state index contributed by atoms with van der Waals surface area (Å²) in [6, 6.07) is 0. The number of hydrogen-bond acceptors (Lipinski definition) is 3. The summed E-state index contributed by atoms with van der Waals surface area (Å²) >= 11 is 0. The van der Waals surface area contributed by atoms with Crippen molar-refractivity contribution in [3.8, 4) is 0 Å². The topological polar surface area (TPSA) is 47.3 Å². The molecule has 72 valence electrons.